The molecule has 1 amide bonds. The van der Waals surface area contributed by atoms with Gasteiger partial charge in [0, 0.05) is 6.04 Å². The Hall–Kier alpha value is -0.800. The van der Waals surface area contributed by atoms with Gasteiger partial charge in [-0.05, 0) is 19.3 Å². The molecule has 1 fully saturated rings. The van der Waals surface area contributed by atoms with Crippen molar-refractivity contribution in [1.82, 2.24) is 5.32 Å². The van der Waals surface area contributed by atoms with Crippen molar-refractivity contribution >= 4 is 6.09 Å². The highest BCUT2D eigenvalue weighted by Gasteiger charge is 2.24. The first-order valence-corrected chi connectivity index (χ1v) is 3.32. The molecule has 1 saturated carbocycles. The van der Waals surface area contributed by atoms with Gasteiger partial charge in [0.2, 0.25) is 0 Å². The predicted molar refractivity (Wildman–Crippen MR) is 33.7 cm³/mol. The van der Waals surface area contributed by atoms with E-state index in [1.165, 1.54) is 0 Å². The molecule has 58 valence electrons. The predicted octanol–water partition coefficient (Wildman–Crippen LogP) is 1.14. The molecule has 0 aromatic carbocycles. The highest BCUT2D eigenvalue weighted by atomic mass is 19.1. The largest absolute Gasteiger partial charge is 0.465 e. The molecule has 0 unspecified atom stereocenters. The highest BCUT2D eigenvalue weighted by molar-refractivity contribution is 5.64. The van der Waals surface area contributed by atoms with E-state index in [-0.39, 0.29) is 6.04 Å². The standard InChI is InChI=1S/C6H10FNO2/c7-4-1-2-5(3-4)8-6(9)10/h4-5,8H,1-3H2,(H,9,10)/t4-,5+/m1/s1. The van der Waals surface area contributed by atoms with Crippen LogP contribution in [-0.2, 0) is 0 Å². The molecule has 0 bridgehead atoms. The maximum Gasteiger partial charge on any atom is 0.404 e. The van der Waals surface area contributed by atoms with Gasteiger partial charge in [0.25, 0.3) is 0 Å². The summed E-state index contributed by atoms with van der Waals surface area (Å²) in [6.45, 7) is 0. The topological polar surface area (TPSA) is 49.3 Å². The Morgan fingerprint density at radius 2 is 2.30 bits per heavy atom. The second-order valence-corrected chi connectivity index (χ2v) is 2.56. The number of nitrogens with one attached hydrogen (secondary N) is 1. The summed E-state index contributed by atoms with van der Waals surface area (Å²) in [7, 11) is 0. The average molecular weight is 147 g/mol. The maximum atomic E-state index is 12.4. The molecule has 10 heavy (non-hydrogen) atoms. The van der Waals surface area contributed by atoms with Crippen LogP contribution in [0.1, 0.15) is 19.3 Å². The van der Waals surface area contributed by atoms with Gasteiger partial charge in [-0.1, -0.05) is 0 Å². The quantitative estimate of drug-likeness (QED) is 0.584. The Morgan fingerprint density at radius 1 is 1.60 bits per heavy atom. The Labute approximate surface area is 58.2 Å². The summed E-state index contributed by atoms with van der Waals surface area (Å²) >= 11 is 0. The van der Waals surface area contributed by atoms with Crippen molar-refractivity contribution in [2.45, 2.75) is 31.5 Å². The van der Waals surface area contributed by atoms with Crippen molar-refractivity contribution in [3.63, 3.8) is 0 Å². The van der Waals surface area contributed by atoms with E-state index in [9.17, 15) is 9.18 Å². The van der Waals surface area contributed by atoms with Crippen LogP contribution in [0.4, 0.5) is 9.18 Å². The molecular formula is C6H10FNO2. The van der Waals surface area contributed by atoms with Crippen molar-refractivity contribution in [2.24, 2.45) is 0 Å². The lowest BCUT2D eigenvalue weighted by molar-refractivity contribution is 0.189. The zero-order valence-electron chi connectivity index (χ0n) is 5.51. The molecular weight excluding hydrogens is 137 g/mol. The third kappa shape index (κ3) is 1.86. The summed E-state index contributed by atoms with van der Waals surface area (Å²) in [5.41, 5.74) is 0. The van der Waals surface area contributed by atoms with E-state index < -0.39 is 12.3 Å². The molecule has 2 atom stereocenters. The number of rotatable bonds is 1. The second kappa shape index (κ2) is 2.86. The number of hydrogen-bond donors (Lipinski definition) is 2. The van der Waals surface area contributed by atoms with Crippen LogP contribution in [0.5, 0.6) is 0 Å². The summed E-state index contributed by atoms with van der Waals surface area (Å²) in [4.78, 5) is 10.0. The van der Waals surface area contributed by atoms with Crippen molar-refractivity contribution in [3.8, 4) is 0 Å². The molecule has 3 nitrogen and oxygen atoms in total. The fourth-order valence-corrected chi connectivity index (χ4v) is 1.23. The maximum absolute atomic E-state index is 12.4. The fraction of sp³-hybridized carbons (Fsp3) is 0.833. The highest BCUT2D eigenvalue weighted by Crippen LogP contribution is 2.21. The molecule has 1 aliphatic rings. The van der Waals surface area contributed by atoms with E-state index in [1.54, 1.807) is 0 Å². The first-order chi connectivity index (χ1) is 4.68. The molecule has 0 aromatic heterocycles. The SMILES string of the molecule is O=C(O)N[C@H]1CC[C@@H](F)C1. The van der Waals surface area contributed by atoms with E-state index in [0.29, 0.717) is 19.3 Å². The summed E-state index contributed by atoms with van der Waals surface area (Å²) in [6.07, 6.45) is -0.402. The van der Waals surface area contributed by atoms with Crippen LogP contribution in [0.3, 0.4) is 0 Å². The zero-order chi connectivity index (χ0) is 7.56. The van der Waals surface area contributed by atoms with E-state index in [2.05, 4.69) is 5.32 Å². The van der Waals surface area contributed by atoms with E-state index in [1.807, 2.05) is 0 Å². The normalized spacial score (nSPS) is 32.1. The molecule has 0 saturated heterocycles. The molecule has 0 aromatic rings. The number of amides is 1. The van der Waals surface area contributed by atoms with Crippen LogP contribution in [-0.4, -0.2) is 23.4 Å². The van der Waals surface area contributed by atoms with Crippen LogP contribution in [0.2, 0.25) is 0 Å². The Bertz CT molecular complexity index is 140. The monoisotopic (exact) mass is 147 g/mol. The molecule has 1 aliphatic carbocycles. The number of carbonyl (C=O) groups is 1. The molecule has 4 heteroatoms. The Kier molecular flexibility index (Phi) is 2.09. The molecule has 0 radical (unpaired) electrons. The van der Waals surface area contributed by atoms with E-state index in [4.69, 9.17) is 5.11 Å². The molecule has 0 heterocycles. The van der Waals surface area contributed by atoms with Crippen molar-refractivity contribution < 1.29 is 14.3 Å². The molecule has 1 rings (SSSR count). The third-order valence-electron chi connectivity index (χ3n) is 1.70. The molecule has 0 aliphatic heterocycles. The van der Waals surface area contributed by atoms with Crippen LogP contribution >= 0.6 is 0 Å². The van der Waals surface area contributed by atoms with Crippen LogP contribution in [0, 0.1) is 0 Å². The van der Waals surface area contributed by atoms with Crippen molar-refractivity contribution in [2.75, 3.05) is 0 Å². The summed E-state index contributed by atoms with van der Waals surface area (Å²) in [5.74, 6) is 0. The van der Waals surface area contributed by atoms with E-state index >= 15 is 0 Å². The van der Waals surface area contributed by atoms with Gasteiger partial charge in [-0.25, -0.2) is 9.18 Å². The smallest absolute Gasteiger partial charge is 0.404 e. The first kappa shape index (κ1) is 7.31. The third-order valence-corrected chi connectivity index (χ3v) is 1.70. The van der Waals surface area contributed by atoms with Gasteiger partial charge in [-0.2, -0.15) is 0 Å². The number of carboxylic acid groups (broad SMARTS) is 1. The average Bonchev–Trinajstić information content (AvgIpc) is 2.13. The van der Waals surface area contributed by atoms with Crippen molar-refractivity contribution in [1.29, 1.82) is 0 Å². The number of halogens is 1. The molecule has 0 spiro atoms. The fourth-order valence-electron chi connectivity index (χ4n) is 1.23. The Morgan fingerprint density at radius 3 is 2.70 bits per heavy atom. The van der Waals surface area contributed by atoms with Gasteiger partial charge in [0.1, 0.15) is 6.17 Å². The Balaban J connectivity index is 2.24. The lowest BCUT2D eigenvalue weighted by Crippen LogP contribution is -2.31. The first-order valence-electron chi connectivity index (χ1n) is 3.32. The lowest BCUT2D eigenvalue weighted by atomic mass is 10.2. The van der Waals surface area contributed by atoms with Crippen molar-refractivity contribution in [3.05, 3.63) is 0 Å². The van der Waals surface area contributed by atoms with E-state index in [0.717, 1.165) is 0 Å². The van der Waals surface area contributed by atoms with Gasteiger partial charge >= 0.3 is 6.09 Å². The lowest BCUT2D eigenvalue weighted by Gasteiger charge is -2.06. The van der Waals surface area contributed by atoms with Crippen LogP contribution in [0.15, 0.2) is 0 Å². The summed E-state index contributed by atoms with van der Waals surface area (Å²) < 4.78 is 12.4. The summed E-state index contributed by atoms with van der Waals surface area (Å²) in [5, 5.41) is 10.5. The summed E-state index contributed by atoms with van der Waals surface area (Å²) in [6, 6.07) is -0.160. The van der Waals surface area contributed by atoms with Crippen LogP contribution in [0.25, 0.3) is 0 Å². The minimum atomic E-state index is -1.06. The zero-order valence-corrected chi connectivity index (χ0v) is 5.51. The van der Waals surface area contributed by atoms with Gasteiger partial charge in [0.05, 0.1) is 0 Å². The number of hydrogen-bond acceptors (Lipinski definition) is 1. The van der Waals surface area contributed by atoms with Crippen LogP contribution < -0.4 is 5.32 Å². The minimum Gasteiger partial charge on any atom is -0.465 e. The van der Waals surface area contributed by atoms with Gasteiger partial charge in [0.15, 0.2) is 0 Å². The second-order valence-electron chi connectivity index (χ2n) is 2.56. The molecule has 2 N–H and O–H groups in total. The minimum absolute atomic E-state index is 0.160. The van der Waals surface area contributed by atoms with Gasteiger partial charge < -0.3 is 10.4 Å². The van der Waals surface area contributed by atoms with Gasteiger partial charge in [-0.3, -0.25) is 0 Å². The van der Waals surface area contributed by atoms with Gasteiger partial charge in [-0.15, -0.1) is 0 Å². The number of alkyl halides is 1.